The Morgan fingerprint density at radius 1 is 1.18 bits per heavy atom. The van der Waals surface area contributed by atoms with Gasteiger partial charge in [-0.2, -0.15) is 5.01 Å². The average Bonchev–Trinajstić information content (AvgIpc) is 2.95. The molecule has 1 saturated heterocycles. The lowest BCUT2D eigenvalue weighted by Crippen LogP contribution is -2.44. The summed E-state index contributed by atoms with van der Waals surface area (Å²) >= 11 is 9.67. The second-order valence-corrected chi connectivity index (χ2v) is 8.14. The molecule has 1 heterocycles. The fourth-order valence-corrected chi connectivity index (χ4v) is 3.93. The number of thiocarbonyl (C=S) groups is 1. The number of nitrogens with one attached hydrogen (secondary N) is 1. The number of rotatable bonds is 5. The van der Waals surface area contributed by atoms with Crippen LogP contribution in [0.2, 0.25) is 0 Å². The van der Waals surface area contributed by atoms with Crippen LogP contribution in [-0.2, 0) is 4.79 Å². The van der Waals surface area contributed by atoms with Gasteiger partial charge in [0.2, 0.25) is 0 Å². The lowest BCUT2D eigenvalue weighted by molar-refractivity contribution is -0.123. The van der Waals surface area contributed by atoms with E-state index in [2.05, 4.69) is 21.4 Å². The Morgan fingerprint density at radius 2 is 1.89 bits per heavy atom. The van der Waals surface area contributed by atoms with Gasteiger partial charge < -0.3 is 9.47 Å². The predicted octanol–water partition coefficient (Wildman–Crippen LogP) is 4.01. The van der Waals surface area contributed by atoms with Gasteiger partial charge in [0, 0.05) is 15.6 Å². The molecule has 144 valence electrons. The third kappa shape index (κ3) is 4.21. The van der Waals surface area contributed by atoms with Crippen LogP contribution in [0.25, 0.3) is 6.08 Å². The Labute approximate surface area is 180 Å². The molecule has 0 aromatic heterocycles. The van der Waals surface area contributed by atoms with Gasteiger partial charge in [-0.1, -0.05) is 39.8 Å². The van der Waals surface area contributed by atoms with E-state index >= 15 is 0 Å². The number of para-hydroxylation sites is 1. The normalized spacial score (nSPS) is 15.1. The van der Waals surface area contributed by atoms with Gasteiger partial charge in [-0.25, -0.2) is 0 Å². The van der Waals surface area contributed by atoms with Crippen molar-refractivity contribution in [3.05, 3.63) is 63.0 Å². The summed E-state index contributed by atoms with van der Waals surface area (Å²) in [5.74, 6) is 0.221. The van der Waals surface area contributed by atoms with Crippen LogP contribution in [0.15, 0.2) is 51.8 Å². The van der Waals surface area contributed by atoms with Crippen LogP contribution in [-0.4, -0.2) is 35.4 Å². The molecule has 1 N–H and O–H groups in total. The Balaban J connectivity index is 1.83. The van der Waals surface area contributed by atoms with E-state index in [-0.39, 0.29) is 4.32 Å². The van der Waals surface area contributed by atoms with Crippen molar-refractivity contribution in [2.45, 2.75) is 0 Å². The first-order valence-corrected chi connectivity index (χ1v) is 10.0. The summed E-state index contributed by atoms with van der Waals surface area (Å²) in [6, 6.07) is 12.1. The van der Waals surface area contributed by atoms with Gasteiger partial charge >= 0.3 is 0 Å². The zero-order valence-corrected chi connectivity index (χ0v) is 18.1. The largest absolute Gasteiger partial charge is 0.493 e. The quantitative estimate of drug-likeness (QED) is 0.517. The Morgan fingerprint density at radius 3 is 2.54 bits per heavy atom. The molecular weight excluding hydrogens is 464 g/mol. The highest BCUT2D eigenvalue weighted by Gasteiger charge is 2.34. The number of hydrogen-bond donors (Lipinski definition) is 1. The number of carbonyl (C=O) groups excluding carboxylic acids is 2. The molecule has 3 rings (SSSR count). The monoisotopic (exact) mass is 478 g/mol. The van der Waals surface area contributed by atoms with Crippen molar-refractivity contribution >= 4 is 62.1 Å². The molecule has 0 radical (unpaired) electrons. The molecule has 0 aliphatic carbocycles. The molecule has 0 spiro atoms. The third-order valence-corrected chi connectivity index (χ3v) is 5.66. The lowest BCUT2D eigenvalue weighted by atomic mass is 10.1. The molecule has 1 aliphatic rings. The summed E-state index contributed by atoms with van der Waals surface area (Å²) in [6.45, 7) is 0. The molecule has 2 aromatic rings. The molecule has 0 saturated carbocycles. The molecule has 6 nitrogen and oxygen atoms in total. The smallest absolute Gasteiger partial charge is 0.285 e. The number of amides is 2. The standard InChI is InChI=1S/C19H15BrN2O4S2/c1-25-14-5-3-4-12(16(14)26-2)10-15-18(24)22(19(27)28-15)21-17(23)11-6-8-13(20)9-7-11/h3-10H,1-2H3,(H,21,23). The van der Waals surface area contributed by atoms with Gasteiger partial charge in [-0.15, -0.1) is 0 Å². The van der Waals surface area contributed by atoms with Crippen LogP contribution in [0.5, 0.6) is 11.5 Å². The zero-order valence-electron chi connectivity index (χ0n) is 14.9. The minimum atomic E-state index is -0.427. The van der Waals surface area contributed by atoms with Crippen LogP contribution in [0, 0.1) is 0 Å². The first kappa shape index (κ1) is 20.4. The van der Waals surface area contributed by atoms with Gasteiger partial charge in [0.15, 0.2) is 15.8 Å². The van der Waals surface area contributed by atoms with E-state index in [1.807, 2.05) is 0 Å². The number of nitrogens with zero attached hydrogens (tertiary/aromatic N) is 1. The Hall–Kier alpha value is -2.36. The first-order valence-electron chi connectivity index (χ1n) is 8.00. The summed E-state index contributed by atoms with van der Waals surface area (Å²) in [5, 5.41) is 1.07. The van der Waals surface area contributed by atoms with Gasteiger partial charge in [0.25, 0.3) is 11.8 Å². The van der Waals surface area contributed by atoms with E-state index in [0.29, 0.717) is 27.5 Å². The maximum atomic E-state index is 12.8. The van der Waals surface area contributed by atoms with Crippen molar-refractivity contribution in [1.29, 1.82) is 0 Å². The minimum absolute atomic E-state index is 0.239. The maximum absolute atomic E-state index is 12.8. The van der Waals surface area contributed by atoms with Crippen molar-refractivity contribution in [1.82, 2.24) is 10.4 Å². The number of methoxy groups -OCH3 is 2. The highest BCUT2D eigenvalue weighted by atomic mass is 79.9. The minimum Gasteiger partial charge on any atom is -0.493 e. The van der Waals surface area contributed by atoms with Crippen LogP contribution < -0.4 is 14.9 Å². The van der Waals surface area contributed by atoms with E-state index < -0.39 is 11.8 Å². The van der Waals surface area contributed by atoms with E-state index in [4.69, 9.17) is 21.7 Å². The van der Waals surface area contributed by atoms with Crippen LogP contribution in [0.1, 0.15) is 15.9 Å². The molecule has 2 aromatic carbocycles. The number of hydrazine groups is 1. The van der Waals surface area contributed by atoms with Crippen LogP contribution in [0.4, 0.5) is 0 Å². The summed E-state index contributed by atoms with van der Waals surface area (Å²) in [6.07, 6.45) is 1.66. The van der Waals surface area contributed by atoms with Crippen LogP contribution in [0.3, 0.4) is 0 Å². The number of hydrogen-bond acceptors (Lipinski definition) is 6. The number of thioether (sulfide) groups is 1. The number of benzene rings is 2. The van der Waals surface area contributed by atoms with Crippen molar-refractivity contribution in [2.24, 2.45) is 0 Å². The predicted molar refractivity (Wildman–Crippen MR) is 116 cm³/mol. The van der Waals surface area contributed by atoms with Gasteiger partial charge in [-0.3, -0.25) is 15.0 Å². The fraction of sp³-hybridized carbons (Fsp3) is 0.105. The summed E-state index contributed by atoms with van der Waals surface area (Å²) in [5.41, 5.74) is 3.63. The number of carbonyl (C=O) groups is 2. The summed E-state index contributed by atoms with van der Waals surface area (Å²) in [7, 11) is 3.07. The molecule has 28 heavy (non-hydrogen) atoms. The lowest BCUT2D eigenvalue weighted by Gasteiger charge is -2.15. The van der Waals surface area contributed by atoms with Crippen molar-refractivity contribution in [3.8, 4) is 11.5 Å². The van der Waals surface area contributed by atoms with E-state index in [9.17, 15) is 9.59 Å². The van der Waals surface area contributed by atoms with Crippen molar-refractivity contribution in [3.63, 3.8) is 0 Å². The number of halogens is 1. The SMILES string of the molecule is COc1cccc(C=C2SC(=S)N(NC(=O)c3ccc(Br)cc3)C2=O)c1OC. The highest BCUT2D eigenvalue weighted by Crippen LogP contribution is 2.36. The summed E-state index contributed by atoms with van der Waals surface area (Å²) < 4.78 is 11.8. The van der Waals surface area contributed by atoms with Crippen molar-refractivity contribution < 1.29 is 19.1 Å². The number of ether oxygens (including phenoxy) is 2. The van der Waals surface area contributed by atoms with Gasteiger partial charge in [0.1, 0.15) is 0 Å². The zero-order chi connectivity index (χ0) is 20.3. The van der Waals surface area contributed by atoms with E-state index in [1.165, 1.54) is 7.11 Å². The Kier molecular flexibility index (Phi) is 6.38. The van der Waals surface area contributed by atoms with Crippen molar-refractivity contribution in [2.75, 3.05) is 14.2 Å². The molecular formula is C19H15BrN2O4S2. The third-order valence-electron chi connectivity index (χ3n) is 3.83. The van der Waals surface area contributed by atoms with E-state index in [1.54, 1.807) is 55.7 Å². The molecule has 0 bridgehead atoms. The van der Waals surface area contributed by atoms with E-state index in [0.717, 1.165) is 21.2 Å². The van der Waals surface area contributed by atoms with Gasteiger partial charge in [0.05, 0.1) is 19.1 Å². The second kappa shape index (κ2) is 8.76. The van der Waals surface area contributed by atoms with Crippen LogP contribution >= 0.6 is 39.9 Å². The molecule has 0 unspecified atom stereocenters. The first-order chi connectivity index (χ1) is 13.4. The fourth-order valence-electron chi connectivity index (χ4n) is 2.50. The highest BCUT2D eigenvalue weighted by molar-refractivity contribution is 9.10. The molecule has 0 atom stereocenters. The molecule has 1 aliphatic heterocycles. The second-order valence-electron chi connectivity index (χ2n) is 5.55. The van der Waals surface area contributed by atoms with Gasteiger partial charge in [-0.05, 0) is 48.6 Å². The molecule has 9 heteroatoms. The molecule has 2 amide bonds. The maximum Gasteiger partial charge on any atom is 0.285 e. The molecule has 1 fully saturated rings. The topological polar surface area (TPSA) is 67.9 Å². The summed E-state index contributed by atoms with van der Waals surface area (Å²) in [4.78, 5) is 25.5. The Bertz CT molecular complexity index is 976. The average molecular weight is 479 g/mol.